The van der Waals surface area contributed by atoms with E-state index in [9.17, 15) is 32.4 Å². The number of rotatable bonds is 7. The van der Waals surface area contributed by atoms with Gasteiger partial charge in [0.25, 0.3) is 15.9 Å². The van der Waals surface area contributed by atoms with Gasteiger partial charge in [-0.15, -0.1) is 0 Å². The first-order valence-corrected chi connectivity index (χ1v) is 21.2. The molecule has 18 heteroatoms. The Morgan fingerprint density at radius 1 is 1.07 bits per heavy atom. The molecule has 2 aromatic rings. The first-order chi connectivity index (χ1) is 27.0. The van der Waals surface area contributed by atoms with E-state index in [-0.39, 0.29) is 50.4 Å². The molecule has 0 spiro atoms. The van der Waals surface area contributed by atoms with Crippen molar-refractivity contribution in [1.82, 2.24) is 25.2 Å². The van der Waals surface area contributed by atoms with Crippen LogP contribution in [-0.2, 0) is 51.7 Å². The van der Waals surface area contributed by atoms with E-state index in [0.29, 0.717) is 35.9 Å². The molecule has 2 aromatic carbocycles. The van der Waals surface area contributed by atoms with E-state index in [1.165, 1.54) is 34.1 Å². The third-order valence-corrected chi connectivity index (χ3v) is 12.8. The molecule has 3 heterocycles. The zero-order valence-corrected chi connectivity index (χ0v) is 34.3. The zero-order chi connectivity index (χ0) is 41.1. The first kappa shape index (κ1) is 42.2. The fraction of sp³-hybridized carbons (Fsp3) is 0.513. The number of alkyl carbamates (subject to hydrolysis) is 1. The highest BCUT2D eigenvalue weighted by Crippen LogP contribution is 2.46. The fourth-order valence-electron chi connectivity index (χ4n) is 7.09. The molecular weight excluding hydrogens is 801 g/mol. The van der Waals surface area contributed by atoms with E-state index in [1.807, 2.05) is 19.1 Å². The van der Waals surface area contributed by atoms with E-state index in [2.05, 4.69) is 15.4 Å². The van der Waals surface area contributed by atoms with Crippen molar-refractivity contribution in [2.45, 2.75) is 107 Å². The van der Waals surface area contributed by atoms with Gasteiger partial charge in [-0.05, 0) is 81.0 Å². The standard InChI is InChI=1S/C39H47Cl2N5O10S/c1-4-38(2,3)56-36(50)42-31-16-18-54-17-7-5-6-10-25-20-39(25,35(49)44-57(52,53)28-14-12-26(40)13-15-28)43-33(47)32-19-27(22-46(32)34(31)48)55-37(51)45-21-24-9-8-11-30(41)29(24)23-45/h6,8-15,25,27,31-32H,4-5,7,16-23H2,1-3H3,(H,42,50)(H,43,47)(H,44,49)/t25-,27-,31+,32+,39-/m1/s1. The molecule has 3 N–H and O–H groups in total. The Morgan fingerprint density at radius 2 is 1.82 bits per heavy atom. The SMILES string of the molecule is CCC(C)(C)OC(=O)N[C@H]1CCOCCCC=C[C@@H]2C[C@@]2(C(=O)NS(=O)(=O)c2ccc(Cl)cc2)NC(=O)[C@@H]2C[C@@H](OC(=O)N3Cc4cccc(Cl)c4C3)CN2C1=O. The van der Waals surface area contributed by atoms with Crippen LogP contribution in [0.25, 0.3) is 0 Å². The molecule has 0 unspecified atom stereocenters. The maximum atomic E-state index is 14.5. The second-order valence-electron chi connectivity index (χ2n) is 15.3. The maximum absolute atomic E-state index is 14.5. The van der Waals surface area contributed by atoms with Crippen LogP contribution < -0.4 is 15.4 Å². The molecule has 1 saturated heterocycles. The summed E-state index contributed by atoms with van der Waals surface area (Å²) in [5, 5.41) is 6.25. The number of fused-ring (bicyclic) bond motifs is 3. The van der Waals surface area contributed by atoms with Crippen molar-refractivity contribution < 1.29 is 46.6 Å². The van der Waals surface area contributed by atoms with E-state index < -0.39 is 75.2 Å². The van der Waals surface area contributed by atoms with Crippen molar-refractivity contribution in [2.24, 2.45) is 5.92 Å². The summed E-state index contributed by atoms with van der Waals surface area (Å²) >= 11 is 12.3. The second kappa shape index (κ2) is 17.2. The predicted molar refractivity (Wildman–Crippen MR) is 208 cm³/mol. The van der Waals surface area contributed by atoms with Crippen LogP contribution in [-0.4, -0.2) is 97.2 Å². The number of nitrogens with one attached hydrogen (secondary N) is 3. The molecule has 5 atom stereocenters. The van der Waals surface area contributed by atoms with Gasteiger partial charge in [-0.1, -0.05) is 54.4 Å². The molecule has 6 rings (SSSR count). The van der Waals surface area contributed by atoms with Gasteiger partial charge in [0.2, 0.25) is 11.8 Å². The molecule has 0 bridgehead atoms. The van der Waals surface area contributed by atoms with Crippen LogP contribution in [0.3, 0.4) is 0 Å². The van der Waals surface area contributed by atoms with Crippen molar-refractivity contribution in [3.8, 4) is 0 Å². The van der Waals surface area contributed by atoms with Gasteiger partial charge in [0.15, 0.2) is 0 Å². The number of sulfonamides is 1. The van der Waals surface area contributed by atoms with Crippen molar-refractivity contribution in [2.75, 3.05) is 19.8 Å². The summed E-state index contributed by atoms with van der Waals surface area (Å²) < 4.78 is 46.0. The van der Waals surface area contributed by atoms with Crippen LogP contribution in [0.4, 0.5) is 9.59 Å². The van der Waals surface area contributed by atoms with E-state index in [4.69, 9.17) is 37.4 Å². The van der Waals surface area contributed by atoms with Gasteiger partial charge in [-0.2, -0.15) is 0 Å². The highest BCUT2D eigenvalue weighted by molar-refractivity contribution is 7.90. The third kappa shape index (κ3) is 9.85. The van der Waals surface area contributed by atoms with Gasteiger partial charge in [-0.3, -0.25) is 19.3 Å². The Labute approximate surface area is 341 Å². The number of carbonyl (C=O) groups excluding carboxylic acids is 5. The smallest absolute Gasteiger partial charge is 0.410 e. The number of carbonyl (C=O) groups is 5. The van der Waals surface area contributed by atoms with Gasteiger partial charge < -0.3 is 29.7 Å². The highest BCUT2D eigenvalue weighted by Gasteiger charge is 2.61. The van der Waals surface area contributed by atoms with E-state index in [1.54, 1.807) is 32.1 Å². The van der Waals surface area contributed by atoms with Crippen LogP contribution in [0.2, 0.25) is 10.0 Å². The lowest BCUT2D eigenvalue weighted by Gasteiger charge is -2.30. The minimum absolute atomic E-state index is 0.0371. The van der Waals surface area contributed by atoms with E-state index in [0.717, 1.165) is 11.1 Å². The van der Waals surface area contributed by atoms with Gasteiger partial charge in [-0.25, -0.2) is 22.7 Å². The number of nitrogens with zero attached hydrogens (tertiary/aromatic N) is 2. The summed E-state index contributed by atoms with van der Waals surface area (Å²) in [6.45, 7) is 6.00. The Morgan fingerprint density at radius 3 is 2.54 bits per heavy atom. The number of hydrogen-bond donors (Lipinski definition) is 3. The van der Waals surface area contributed by atoms with Crippen LogP contribution >= 0.6 is 23.2 Å². The van der Waals surface area contributed by atoms with Crippen LogP contribution in [0, 0.1) is 5.92 Å². The summed E-state index contributed by atoms with van der Waals surface area (Å²) in [5.41, 5.74) is -0.851. The molecule has 308 valence electrons. The van der Waals surface area contributed by atoms with Gasteiger partial charge >= 0.3 is 12.2 Å². The molecule has 3 aliphatic heterocycles. The number of benzene rings is 2. The first-order valence-electron chi connectivity index (χ1n) is 18.9. The third-order valence-electron chi connectivity index (χ3n) is 10.8. The van der Waals surface area contributed by atoms with Crippen LogP contribution in [0.15, 0.2) is 59.5 Å². The molecule has 15 nitrogen and oxygen atoms in total. The Balaban J connectivity index is 1.27. The summed E-state index contributed by atoms with van der Waals surface area (Å²) in [6.07, 6.45) is 2.73. The molecule has 0 aromatic heterocycles. The molecule has 0 radical (unpaired) electrons. The van der Waals surface area contributed by atoms with Gasteiger partial charge in [0, 0.05) is 48.6 Å². The average Bonchev–Trinajstić information content (AvgIpc) is 3.45. The zero-order valence-electron chi connectivity index (χ0n) is 31.9. The number of hydrogen-bond acceptors (Lipinski definition) is 10. The lowest BCUT2D eigenvalue weighted by Crippen LogP contribution is -2.58. The van der Waals surface area contributed by atoms with Crippen molar-refractivity contribution in [1.29, 1.82) is 0 Å². The number of amides is 5. The maximum Gasteiger partial charge on any atom is 0.410 e. The Kier molecular flexibility index (Phi) is 12.8. The lowest BCUT2D eigenvalue weighted by molar-refractivity contribution is -0.141. The van der Waals surface area contributed by atoms with Crippen molar-refractivity contribution in [3.05, 3.63) is 75.8 Å². The quantitative estimate of drug-likeness (QED) is 0.326. The number of ether oxygens (including phenoxy) is 3. The lowest BCUT2D eigenvalue weighted by atomic mass is 10.1. The predicted octanol–water partition coefficient (Wildman–Crippen LogP) is 4.84. The van der Waals surface area contributed by atoms with Gasteiger partial charge in [0.05, 0.1) is 18.0 Å². The molecule has 2 fully saturated rings. The van der Waals surface area contributed by atoms with Gasteiger partial charge in [0.1, 0.15) is 29.3 Å². The van der Waals surface area contributed by atoms with Crippen molar-refractivity contribution >= 4 is 63.1 Å². The van der Waals surface area contributed by atoms with Crippen LogP contribution in [0.1, 0.15) is 70.4 Å². The number of allylic oxidation sites excluding steroid dienone is 1. The van der Waals surface area contributed by atoms with E-state index >= 15 is 0 Å². The fourth-order valence-corrected chi connectivity index (χ4v) is 8.51. The Hall–Kier alpha value is -4.38. The minimum atomic E-state index is -4.37. The summed E-state index contributed by atoms with van der Waals surface area (Å²) in [4.78, 5) is 71.9. The molecule has 5 amide bonds. The van der Waals surface area contributed by atoms with Crippen LogP contribution in [0.5, 0.6) is 0 Å². The molecule has 57 heavy (non-hydrogen) atoms. The van der Waals surface area contributed by atoms with Crippen molar-refractivity contribution in [3.63, 3.8) is 0 Å². The topological polar surface area (TPSA) is 190 Å². The number of halogens is 2. The summed E-state index contributed by atoms with van der Waals surface area (Å²) in [6, 6.07) is 8.15. The monoisotopic (exact) mass is 847 g/mol. The average molecular weight is 849 g/mol. The molecule has 1 saturated carbocycles. The molecular formula is C39H47Cl2N5O10S. The molecule has 1 aliphatic carbocycles. The summed E-state index contributed by atoms with van der Waals surface area (Å²) in [5.74, 6) is -2.97. The summed E-state index contributed by atoms with van der Waals surface area (Å²) in [7, 11) is -4.37. The highest BCUT2D eigenvalue weighted by atomic mass is 35.5. The molecule has 4 aliphatic rings. The Bertz CT molecular complexity index is 2030. The second-order valence-corrected chi connectivity index (χ2v) is 17.8. The largest absolute Gasteiger partial charge is 0.444 e. The normalized spacial score (nSPS) is 25.4. The minimum Gasteiger partial charge on any atom is -0.444 e.